The minimum absolute atomic E-state index is 0.185. The van der Waals surface area contributed by atoms with Crippen LogP contribution >= 0.6 is 15.2 Å². The van der Waals surface area contributed by atoms with Crippen LogP contribution in [0, 0.1) is 5.92 Å². The highest BCUT2D eigenvalue weighted by atomic mass is 31.2. The van der Waals surface area contributed by atoms with Crippen molar-refractivity contribution in [3.63, 3.8) is 0 Å². The van der Waals surface area contributed by atoms with Gasteiger partial charge in [-0.3, -0.25) is 0 Å². The third-order valence-corrected chi connectivity index (χ3v) is 4.20. The molecular weight excluding hydrogens is 234 g/mol. The molecule has 0 aromatic carbocycles. The molecule has 0 aromatic rings. The highest BCUT2D eigenvalue weighted by Gasteiger charge is 2.18. The van der Waals surface area contributed by atoms with Crippen molar-refractivity contribution in [1.29, 1.82) is 0 Å². The van der Waals surface area contributed by atoms with Gasteiger partial charge in [0.05, 0.1) is 6.61 Å². The van der Waals surface area contributed by atoms with E-state index >= 15 is 0 Å². The first-order chi connectivity index (χ1) is 6.05. The van der Waals surface area contributed by atoms with Crippen LogP contribution in [0.3, 0.4) is 0 Å². The molecule has 9 heteroatoms. The molecule has 7 nitrogen and oxygen atoms in total. The zero-order valence-electron chi connectivity index (χ0n) is 7.61. The SMILES string of the molecule is CC(C)COC(P(=O)([O-])[O-])P(=O)([O-])[O-]. The Morgan fingerprint density at radius 2 is 1.43 bits per heavy atom. The second kappa shape index (κ2) is 4.86. The van der Waals surface area contributed by atoms with Crippen molar-refractivity contribution >= 4 is 15.2 Å². The van der Waals surface area contributed by atoms with Crippen LogP contribution in [-0.2, 0) is 13.9 Å². The molecular formula is C5H10O7P2-4. The van der Waals surface area contributed by atoms with Gasteiger partial charge < -0.3 is 33.4 Å². The van der Waals surface area contributed by atoms with Crippen LogP contribution in [0.4, 0.5) is 0 Å². The van der Waals surface area contributed by atoms with Gasteiger partial charge in [0.1, 0.15) is 5.59 Å². The van der Waals surface area contributed by atoms with Crippen LogP contribution in [0.1, 0.15) is 13.8 Å². The molecule has 0 rings (SSSR count). The van der Waals surface area contributed by atoms with E-state index in [1.165, 1.54) is 0 Å². The van der Waals surface area contributed by atoms with Crippen molar-refractivity contribution in [1.82, 2.24) is 0 Å². The van der Waals surface area contributed by atoms with Gasteiger partial charge in [0.15, 0.2) is 0 Å². The number of hydrogen-bond donors (Lipinski definition) is 0. The maximum Gasteiger partial charge on any atom is 0.110 e. The highest BCUT2D eigenvalue weighted by molar-refractivity contribution is 7.67. The largest absolute Gasteiger partial charge is 0.809 e. The quantitative estimate of drug-likeness (QED) is 0.499. The summed E-state index contributed by atoms with van der Waals surface area (Å²) < 4.78 is 25.0. The Morgan fingerprint density at radius 3 is 1.64 bits per heavy atom. The van der Waals surface area contributed by atoms with E-state index in [0.29, 0.717) is 0 Å². The molecule has 86 valence electrons. The fraction of sp³-hybridized carbons (Fsp3) is 1.00. The molecule has 0 atom stereocenters. The summed E-state index contributed by atoms with van der Waals surface area (Å²) in [7, 11) is -11.1. The summed E-state index contributed by atoms with van der Waals surface area (Å²) >= 11 is 0. The van der Waals surface area contributed by atoms with Crippen LogP contribution in [0.15, 0.2) is 0 Å². The molecule has 0 aliphatic heterocycles. The van der Waals surface area contributed by atoms with E-state index in [0.717, 1.165) is 0 Å². The van der Waals surface area contributed by atoms with Gasteiger partial charge in [0, 0.05) is 0 Å². The molecule has 0 spiro atoms. The Morgan fingerprint density at radius 1 is 1.07 bits per heavy atom. The van der Waals surface area contributed by atoms with Gasteiger partial charge >= 0.3 is 0 Å². The number of hydrogen-bond acceptors (Lipinski definition) is 7. The van der Waals surface area contributed by atoms with E-state index in [1.54, 1.807) is 13.8 Å². The lowest BCUT2D eigenvalue weighted by molar-refractivity contribution is -0.340. The van der Waals surface area contributed by atoms with Gasteiger partial charge in [-0.1, -0.05) is 13.8 Å². The zero-order chi connectivity index (χ0) is 11.6. The predicted octanol–water partition coefficient (Wildman–Crippen LogP) is -2.23. The smallest absolute Gasteiger partial charge is 0.110 e. The Balaban J connectivity index is 4.61. The predicted molar refractivity (Wildman–Crippen MR) is 39.8 cm³/mol. The van der Waals surface area contributed by atoms with E-state index in [9.17, 15) is 28.7 Å². The third kappa shape index (κ3) is 5.22. The maximum absolute atomic E-state index is 10.4. The van der Waals surface area contributed by atoms with E-state index in [2.05, 4.69) is 4.74 Å². The summed E-state index contributed by atoms with van der Waals surface area (Å²) in [5, 5.41) is 0. The fourth-order valence-corrected chi connectivity index (χ4v) is 2.56. The molecule has 0 aliphatic carbocycles. The van der Waals surface area contributed by atoms with Crippen LogP contribution in [-0.4, -0.2) is 12.2 Å². The van der Waals surface area contributed by atoms with Gasteiger partial charge in [0.2, 0.25) is 0 Å². The average Bonchev–Trinajstić information content (AvgIpc) is 1.78. The summed E-state index contributed by atoms with van der Waals surface area (Å²) in [6, 6.07) is 0. The van der Waals surface area contributed by atoms with Crippen molar-refractivity contribution in [2.75, 3.05) is 6.61 Å². The third-order valence-electron chi connectivity index (χ3n) is 1.12. The summed E-state index contributed by atoms with van der Waals surface area (Å²) in [6.07, 6.45) is 0. The minimum Gasteiger partial charge on any atom is -0.809 e. The van der Waals surface area contributed by atoms with E-state index in [1.807, 2.05) is 0 Å². The van der Waals surface area contributed by atoms with E-state index < -0.39 is 20.8 Å². The van der Waals surface area contributed by atoms with Gasteiger partial charge in [-0.15, -0.1) is 0 Å². The van der Waals surface area contributed by atoms with Crippen molar-refractivity contribution < 1.29 is 33.4 Å². The summed E-state index contributed by atoms with van der Waals surface area (Å²) in [5.41, 5.74) is -2.79. The lowest BCUT2D eigenvalue weighted by Gasteiger charge is -2.48. The Kier molecular flexibility index (Phi) is 4.95. The van der Waals surface area contributed by atoms with Crippen LogP contribution < -0.4 is 19.6 Å². The molecule has 0 heterocycles. The van der Waals surface area contributed by atoms with Crippen LogP contribution in [0.25, 0.3) is 0 Å². The summed E-state index contributed by atoms with van der Waals surface area (Å²) in [4.78, 5) is 41.5. The summed E-state index contributed by atoms with van der Waals surface area (Å²) in [5.74, 6) is -0.185. The van der Waals surface area contributed by atoms with Crippen LogP contribution in [0.5, 0.6) is 0 Å². The zero-order valence-corrected chi connectivity index (χ0v) is 9.40. The van der Waals surface area contributed by atoms with Gasteiger partial charge in [-0.2, -0.15) is 0 Å². The Labute approximate surface area is 81.4 Å². The standard InChI is InChI=1S/C5H14O7P2/c1-4(2)3-12-5(13(6,7)8)14(9,10)11/h4-5H,3H2,1-2H3,(H2,6,7,8)(H2,9,10,11)/p-4. The molecule has 0 bridgehead atoms. The Bertz CT molecular complexity index is 241. The molecule has 0 fully saturated rings. The first kappa shape index (κ1) is 14.3. The van der Waals surface area contributed by atoms with Crippen molar-refractivity contribution in [3.8, 4) is 0 Å². The van der Waals surface area contributed by atoms with Crippen molar-refractivity contribution in [2.45, 2.75) is 19.4 Å². The fourth-order valence-electron chi connectivity index (χ4n) is 0.634. The van der Waals surface area contributed by atoms with Crippen LogP contribution in [0.2, 0.25) is 0 Å². The number of ether oxygens (including phenoxy) is 1. The first-order valence-corrected chi connectivity index (χ1v) is 6.92. The van der Waals surface area contributed by atoms with E-state index in [-0.39, 0.29) is 12.5 Å². The first-order valence-electron chi connectivity index (χ1n) is 3.70. The topological polar surface area (TPSA) is 136 Å². The van der Waals surface area contributed by atoms with Gasteiger partial charge in [-0.05, 0) is 21.1 Å². The van der Waals surface area contributed by atoms with Gasteiger partial charge in [0.25, 0.3) is 0 Å². The molecule has 0 saturated carbocycles. The molecule has 0 amide bonds. The molecule has 0 radical (unpaired) electrons. The molecule has 0 saturated heterocycles. The lowest BCUT2D eigenvalue weighted by Crippen LogP contribution is -2.36. The normalized spacial score (nSPS) is 14.0. The second-order valence-electron chi connectivity index (χ2n) is 3.13. The van der Waals surface area contributed by atoms with Crippen molar-refractivity contribution in [3.05, 3.63) is 0 Å². The van der Waals surface area contributed by atoms with Crippen molar-refractivity contribution in [2.24, 2.45) is 5.92 Å². The minimum atomic E-state index is -5.56. The maximum atomic E-state index is 10.4. The Hall–Kier alpha value is 0.260. The molecule has 0 unspecified atom stereocenters. The average molecular weight is 244 g/mol. The highest BCUT2D eigenvalue weighted by Crippen LogP contribution is 2.50. The monoisotopic (exact) mass is 244 g/mol. The summed E-state index contributed by atoms with van der Waals surface area (Å²) in [6.45, 7) is 2.93. The van der Waals surface area contributed by atoms with Gasteiger partial charge in [-0.25, -0.2) is 0 Å². The molecule has 0 aliphatic rings. The second-order valence-corrected chi connectivity index (χ2v) is 6.64. The molecule has 14 heavy (non-hydrogen) atoms. The van der Waals surface area contributed by atoms with E-state index in [4.69, 9.17) is 0 Å². The molecule has 0 aromatic heterocycles. The number of rotatable bonds is 5. The lowest BCUT2D eigenvalue weighted by atomic mass is 10.2. The molecule has 0 N–H and O–H groups in total.